The normalized spacial score (nSPS) is 11.5. The number of alkyl halides is 3. The number of carboxylic acid groups (broad SMARTS) is 2. The third-order valence-electron chi connectivity index (χ3n) is 3.98. The number of fused-ring (bicyclic) bond motifs is 1. The average Bonchev–Trinajstić information content (AvgIpc) is 2.72. The highest BCUT2D eigenvalue weighted by Gasteiger charge is 2.38. The van der Waals surface area contributed by atoms with Crippen LogP contribution in [0, 0.1) is 0 Å². The lowest BCUT2D eigenvalue weighted by molar-refractivity contribution is -0.192. The Morgan fingerprint density at radius 1 is 0.806 bits per heavy atom. The van der Waals surface area contributed by atoms with Crippen LogP contribution in [0.3, 0.4) is 0 Å². The second-order valence-electron chi connectivity index (χ2n) is 6.21. The van der Waals surface area contributed by atoms with Gasteiger partial charge in [-0.15, -0.1) is 0 Å². The number of carboxylic acids is 2. The third kappa shape index (κ3) is 7.00. The van der Waals surface area contributed by atoms with Gasteiger partial charge < -0.3 is 16.1 Å². The average molecular weight is 430 g/mol. The fourth-order valence-corrected chi connectivity index (χ4v) is 2.48. The zero-order valence-electron chi connectivity index (χ0n) is 15.9. The molecular weight excluding hydrogens is 413 g/mol. The number of hydrazone groups is 1. The molecule has 4 N–H and O–H groups in total. The van der Waals surface area contributed by atoms with E-state index in [0.717, 1.165) is 27.5 Å². The van der Waals surface area contributed by atoms with Crippen LogP contribution in [0.5, 0.6) is 0 Å². The first-order chi connectivity index (χ1) is 14.6. The molecule has 0 spiro atoms. The number of hydrogen-bond donors (Lipinski definition) is 3. The van der Waals surface area contributed by atoms with Crippen molar-refractivity contribution in [2.75, 3.05) is 0 Å². The Balaban J connectivity index is 0.000000423. The number of nitrogens with zero attached hydrogens (tertiary/aromatic N) is 1. The van der Waals surface area contributed by atoms with E-state index < -0.39 is 18.1 Å². The van der Waals surface area contributed by atoms with Gasteiger partial charge in [0.15, 0.2) is 0 Å². The van der Waals surface area contributed by atoms with E-state index >= 15 is 0 Å². The zero-order valence-corrected chi connectivity index (χ0v) is 15.9. The molecule has 0 heterocycles. The zero-order chi connectivity index (χ0) is 23.0. The predicted octanol–water partition coefficient (Wildman–Crippen LogP) is 4.63. The molecule has 0 saturated heterocycles. The maximum absolute atomic E-state index is 10.8. The van der Waals surface area contributed by atoms with Gasteiger partial charge in [0.2, 0.25) is 0 Å². The van der Waals surface area contributed by atoms with Gasteiger partial charge in [-0.05, 0) is 51.7 Å². The monoisotopic (exact) mass is 430 g/mol. The topological polar surface area (TPSA) is 113 Å². The molecule has 3 aromatic carbocycles. The first-order valence-corrected chi connectivity index (χ1v) is 8.69. The number of benzene rings is 3. The van der Waals surface area contributed by atoms with Crippen molar-refractivity contribution >= 4 is 41.1 Å². The van der Waals surface area contributed by atoms with Gasteiger partial charge in [0, 0.05) is 0 Å². The van der Waals surface area contributed by atoms with Crippen LogP contribution in [0.1, 0.15) is 27.0 Å². The van der Waals surface area contributed by atoms with E-state index in [4.69, 9.17) is 20.9 Å². The molecule has 0 aliphatic heterocycles. The molecule has 0 saturated carbocycles. The van der Waals surface area contributed by atoms with E-state index in [2.05, 4.69) is 17.2 Å². The van der Waals surface area contributed by atoms with Gasteiger partial charge >= 0.3 is 18.1 Å². The first-order valence-electron chi connectivity index (χ1n) is 8.69. The lowest BCUT2D eigenvalue weighted by Gasteiger charge is -2.02. The lowest BCUT2D eigenvalue weighted by Crippen LogP contribution is -2.21. The molecule has 9 heteroatoms. The summed E-state index contributed by atoms with van der Waals surface area (Å²) in [6.45, 7) is 0. The molecule has 160 valence electrons. The number of aromatic carboxylic acids is 1. The number of nitrogens with two attached hydrogens (primary N) is 1. The summed E-state index contributed by atoms with van der Waals surface area (Å²) in [7, 11) is 0. The van der Waals surface area contributed by atoms with E-state index in [1.54, 1.807) is 30.5 Å². The molecular formula is C22H17F3N2O4. The minimum absolute atomic E-state index is 0.287. The summed E-state index contributed by atoms with van der Waals surface area (Å²) in [6, 6.07) is 19.0. The third-order valence-corrected chi connectivity index (χ3v) is 3.98. The van der Waals surface area contributed by atoms with Gasteiger partial charge in [0.1, 0.15) is 0 Å². The van der Waals surface area contributed by atoms with Crippen molar-refractivity contribution in [1.82, 2.24) is 0 Å². The van der Waals surface area contributed by atoms with Crippen molar-refractivity contribution in [2.45, 2.75) is 6.18 Å². The highest BCUT2D eigenvalue weighted by Crippen LogP contribution is 2.19. The fourth-order valence-electron chi connectivity index (χ4n) is 2.48. The molecule has 0 unspecified atom stereocenters. The lowest BCUT2D eigenvalue weighted by atomic mass is 10.0. The summed E-state index contributed by atoms with van der Waals surface area (Å²) in [6.07, 6.45) is 0.501. The predicted molar refractivity (Wildman–Crippen MR) is 112 cm³/mol. The van der Waals surface area contributed by atoms with Crippen molar-refractivity contribution in [3.8, 4) is 0 Å². The molecule has 0 aliphatic carbocycles. The maximum atomic E-state index is 10.8. The number of aliphatic carboxylic acids is 1. The minimum Gasteiger partial charge on any atom is -0.478 e. The van der Waals surface area contributed by atoms with Crippen molar-refractivity contribution in [3.63, 3.8) is 0 Å². The van der Waals surface area contributed by atoms with Gasteiger partial charge in [0.25, 0.3) is 0 Å². The molecule has 0 bridgehead atoms. The van der Waals surface area contributed by atoms with E-state index in [1.807, 2.05) is 36.4 Å². The largest absolute Gasteiger partial charge is 0.490 e. The molecule has 6 nitrogen and oxygen atoms in total. The Hall–Kier alpha value is -4.14. The van der Waals surface area contributed by atoms with Crippen LogP contribution in [-0.4, -0.2) is 34.5 Å². The van der Waals surface area contributed by atoms with Crippen LogP contribution < -0.4 is 5.84 Å². The van der Waals surface area contributed by atoms with Gasteiger partial charge in [-0.25, -0.2) is 9.59 Å². The minimum atomic E-state index is -5.08. The highest BCUT2D eigenvalue weighted by atomic mass is 19.4. The number of rotatable bonds is 4. The summed E-state index contributed by atoms with van der Waals surface area (Å²) in [4.78, 5) is 19.7. The summed E-state index contributed by atoms with van der Waals surface area (Å²) in [5, 5.41) is 21.8. The van der Waals surface area contributed by atoms with Crippen molar-refractivity contribution in [3.05, 3.63) is 82.9 Å². The van der Waals surface area contributed by atoms with Gasteiger partial charge in [-0.1, -0.05) is 48.6 Å². The maximum Gasteiger partial charge on any atom is 0.490 e. The van der Waals surface area contributed by atoms with Crippen LogP contribution in [0.4, 0.5) is 13.2 Å². The standard InChI is InChI=1S/C20H16N2O2.C2HF3O2/c21-22-13-16-6-10-18-11-15(5-9-19(18)12-16)2-1-14-3-7-17(8-4-14)20(23)24;3-2(4,5)1(6)7/h1-13H,21H2,(H,23,24);(H,6,7)/b2-1+,22-13?;. The molecule has 3 aromatic rings. The SMILES string of the molecule is NN=Cc1ccc2cc(/C=C/c3ccc(C(=O)O)cc3)ccc2c1.O=C(O)C(F)(F)F. The first kappa shape index (κ1) is 23.1. The number of hydrogen-bond acceptors (Lipinski definition) is 4. The van der Waals surface area contributed by atoms with Crippen LogP contribution >= 0.6 is 0 Å². The van der Waals surface area contributed by atoms with Crippen LogP contribution in [0.2, 0.25) is 0 Å². The second kappa shape index (κ2) is 10.1. The summed E-state index contributed by atoms with van der Waals surface area (Å²) in [5.41, 5.74) is 3.28. The quantitative estimate of drug-likeness (QED) is 0.242. The van der Waals surface area contributed by atoms with E-state index in [9.17, 15) is 18.0 Å². The van der Waals surface area contributed by atoms with E-state index in [0.29, 0.717) is 0 Å². The van der Waals surface area contributed by atoms with E-state index in [-0.39, 0.29) is 5.56 Å². The highest BCUT2D eigenvalue weighted by molar-refractivity contribution is 5.92. The van der Waals surface area contributed by atoms with Crippen molar-refractivity contribution in [1.29, 1.82) is 0 Å². The second-order valence-corrected chi connectivity index (χ2v) is 6.21. The molecule has 0 radical (unpaired) electrons. The molecule has 31 heavy (non-hydrogen) atoms. The molecule has 0 fully saturated rings. The van der Waals surface area contributed by atoms with Crippen molar-refractivity contribution < 1.29 is 33.0 Å². The van der Waals surface area contributed by atoms with Gasteiger partial charge in [0.05, 0.1) is 11.8 Å². The smallest absolute Gasteiger partial charge is 0.478 e. The Bertz CT molecular complexity index is 1140. The Kier molecular flexibility index (Phi) is 7.51. The molecule has 3 rings (SSSR count). The molecule has 0 aliphatic rings. The Labute approximate surface area is 174 Å². The van der Waals surface area contributed by atoms with Crippen LogP contribution in [-0.2, 0) is 4.79 Å². The Morgan fingerprint density at radius 3 is 1.74 bits per heavy atom. The van der Waals surface area contributed by atoms with Crippen LogP contribution in [0.25, 0.3) is 22.9 Å². The Morgan fingerprint density at radius 2 is 1.26 bits per heavy atom. The summed E-state index contributed by atoms with van der Waals surface area (Å²) in [5.74, 6) is 1.50. The molecule has 0 aromatic heterocycles. The van der Waals surface area contributed by atoms with Gasteiger partial charge in [-0.3, -0.25) is 0 Å². The number of carbonyl (C=O) groups is 2. The van der Waals surface area contributed by atoms with E-state index in [1.165, 1.54) is 0 Å². The van der Waals surface area contributed by atoms with Crippen LogP contribution in [0.15, 0.2) is 65.8 Å². The van der Waals surface area contributed by atoms with Gasteiger partial charge in [-0.2, -0.15) is 18.3 Å². The molecule has 0 amide bonds. The summed E-state index contributed by atoms with van der Waals surface area (Å²) >= 11 is 0. The summed E-state index contributed by atoms with van der Waals surface area (Å²) < 4.78 is 31.7. The molecule has 0 atom stereocenters. The number of halogens is 3. The fraction of sp³-hybridized carbons (Fsp3) is 0.0455. The van der Waals surface area contributed by atoms with Crippen molar-refractivity contribution in [2.24, 2.45) is 10.9 Å².